The van der Waals surface area contributed by atoms with Gasteiger partial charge in [-0.15, -0.1) is 0 Å². The van der Waals surface area contributed by atoms with Crippen molar-refractivity contribution in [1.29, 1.82) is 0 Å². The largest absolute Gasteiger partial charge is 0.456 e. The molecule has 0 aliphatic rings. The monoisotopic (exact) mass is 651 g/mol. The number of hydrogen-bond donors (Lipinski definition) is 0. The van der Waals surface area contributed by atoms with Gasteiger partial charge in [-0.3, -0.25) is 0 Å². The van der Waals surface area contributed by atoms with Crippen molar-refractivity contribution in [3.8, 4) is 56.4 Å². The Morgan fingerprint density at radius 2 is 0.804 bits per heavy atom. The second-order valence-corrected chi connectivity index (χ2v) is 12.9. The van der Waals surface area contributed by atoms with Gasteiger partial charge in [-0.05, 0) is 74.1 Å². The van der Waals surface area contributed by atoms with Gasteiger partial charge in [0.15, 0.2) is 17.5 Å². The van der Waals surface area contributed by atoms with E-state index in [2.05, 4.69) is 115 Å². The molecule has 0 saturated carbocycles. The van der Waals surface area contributed by atoms with E-state index in [9.17, 15) is 0 Å². The molecule has 0 saturated heterocycles. The van der Waals surface area contributed by atoms with E-state index in [1.165, 1.54) is 16.2 Å². The first-order valence-electron chi connectivity index (χ1n) is 17.1. The molecule has 0 aliphatic carbocycles. The van der Waals surface area contributed by atoms with Crippen molar-refractivity contribution in [1.82, 2.24) is 15.0 Å². The number of nitrogens with zero attached hydrogens (tertiary/aromatic N) is 3. The predicted octanol–water partition coefficient (Wildman–Crippen LogP) is 12.4. The molecule has 10 aromatic rings. The first kappa shape index (κ1) is 29.0. The third-order valence-electron chi connectivity index (χ3n) is 9.68. The van der Waals surface area contributed by atoms with Crippen molar-refractivity contribution in [2.45, 2.75) is 0 Å². The van der Waals surface area contributed by atoms with Gasteiger partial charge in [-0.25, -0.2) is 15.0 Å². The quantitative estimate of drug-likeness (QED) is 0.186. The van der Waals surface area contributed by atoms with Crippen molar-refractivity contribution in [2.75, 3.05) is 0 Å². The third-order valence-corrected chi connectivity index (χ3v) is 9.68. The molecule has 4 heteroatoms. The van der Waals surface area contributed by atoms with Crippen molar-refractivity contribution >= 4 is 43.5 Å². The van der Waals surface area contributed by atoms with Crippen molar-refractivity contribution < 1.29 is 4.42 Å². The summed E-state index contributed by atoms with van der Waals surface area (Å²) < 4.78 is 6.65. The van der Waals surface area contributed by atoms with Crippen LogP contribution in [0.5, 0.6) is 0 Å². The van der Waals surface area contributed by atoms with Crippen LogP contribution < -0.4 is 0 Å². The van der Waals surface area contributed by atoms with E-state index < -0.39 is 0 Å². The Morgan fingerprint density at radius 1 is 0.314 bits per heavy atom. The topological polar surface area (TPSA) is 51.8 Å². The van der Waals surface area contributed by atoms with Crippen LogP contribution in [0.25, 0.3) is 99.9 Å². The van der Waals surface area contributed by atoms with Gasteiger partial charge in [-0.2, -0.15) is 0 Å². The summed E-state index contributed by atoms with van der Waals surface area (Å²) in [5.41, 5.74) is 9.00. The number of aromatic nitrogens is 3. The van der Waals surface area contributed by atoms with Gasteiger partial charge in [0, 0.05) is 27.5 Å². The second kappa shape index (κ2) is 11.9. The van der Waals surface area contributed by atoms with Crippen LogP contribution in [-0.2, 0) is 0 Å². The molecule has 8 aromatic carbocycles. The van der Waals surface area contributed by atoms with Crippen LogP contribution in [0.4, 0.5) is 0 Å². The Kier molecular flexibility index (Phi) is 6.78. The van der Waals surface area contributed by atoms with Gasteiger partial charge in [0.1, 0.15) is 11.2 Å². The normalized spacial score (nSPS) is 11.5. The van der Waals surface area contributed by atoms with Gasteiger partial charge in [0.2, 0.25) is 0 Å². The molecule has 238 valence electrons. The zero-order valence-electron chi connectivity index (χ0n) is 27.5. The van der Waals surface area contributed by atoms with Crippen molar-refractivity contribution in [2.24, 2.45) is 0 Å². The third kappa shape index (κ3) is 5.22. The molecular weight excluding hydrogens is 623 g/mol. The maximum absolute atomic E-state index is 6.65. The van der Waals surface area contributed by atoms with E-state index in [0.29, 0.717) is 17.5 Å². The highest BCUT2D eigenvalue weighted by molar-refractivity contribution is 6.16. The zero-order valence-corrected chi connectivity index (χ0v) is 27.5. The first-order chi connectivity index (χ1) is 25.2. The number of fused-ring (bicyclic) bond motifs is 5. The van der Waals surface area contributed by atoms with Gasteiger partial charge >= 0.3 is 0 Å². The smallest absolute Gasteiger partial charge is 0.164 e. The van der Waals surface area contributed by atoms with Crippen LogP contribution in [0.3, 0.4) is 0 Å². The van der Waals surface area contributed by atoms with Gasteiger partial charge in [-0.1, -0.05) is 146 Å². The average Bonchev–Trinajstić information content (AvgIpc) is 3.57. The molecular formula is C47H29N3O. The predicted molar refractivity (Wildman–Crippen MR) is 209 cm³/mol. The Labute approximate surface area is 294 Å². The summed E-state index contributed by atoms with van der Waals surface area (Å²) in [7, 11) is 0. The lowest BCUT2D eigenvalue weighted by molar-refractivity contribution is 0.669. The Morgan fingerprint density at radius 3 is 1.43 bits per heavy atom. The molecule has 0 N–H and O–H groups in total. The number of benzene rings is 8. The van der Waals surface area contributed by atoms with E-state index in [4.69, 9.17) is 19.4 Å². The van der Waals surface area contributed by atoms with Crippen LogP contribution in [-0.4, -0.2) is 15.0 Å². The summed E-state index contributed by atoms with van der Waals surface area (Å²) in [5, 5.41) is 6.98. The fourth-order valence-corrected chi connectivity index (χ4v) is 7.09. The minimum absolute atomic E-state index is 0.629. The SMILES string of the molecule is c1ccc(-c2nc(-c3ccccc3)nc(-c3ccc(-c4cc(-c5ccc6ccccc6c5)cc5oc6cc7ccccc7cc6c45)cc3)n2)cc1. The summed E-state index contributed by atoms with van der Waals surface area (Å²) >= 11 is 0. The van der Waals surface area contributed by atoms with Crippen LogP contribution in [0, 0.1) is 0 Å². The number of rotatable bonds is 5. The maximum atomic E-state index is 6.65. The molecule has 0 atom stereocenters. The van der Waals surface area contributed by atoms with E-state index in [1.807, 2.05) is 60.7 Å². The molecule has 0 radical (unpaired) electrons. The van der Waals surface area contributed by atoms with Crippen LogP contribution in [0.2, 0.25) is 0 Å². The zero-order chi connectivity index (χ0) is 33.7. The summed E-state index contributed by atoms with van der Waals surface area (Å²) in [4.78, 5) is 14.8. The number of furan rings is 1. The molecule has 0 amide bonds. The minimum Gasteiger partial charge on any atom is -0.456 e. The van der Waals surface area contributed by atoms with E-state index in [0.717, 1.165) is 66.3 Å². The van der Waals surface area contributed by atoms with Crippen LogP contribution in [0.1, 0.15) is 0 Å². The average molecular weight is 652 g/mol. The molecule has 0 unspecified atom stereocenters. The minimum atomic E-state index is 0.629. The highest BCUT2D eigenvalue weighted by Crippen LogP contribution is 2.42. The molecule has 2 heterocycles. The maximum Gasteiger partial charge on any atom is 0.164 e. The Balaban J connectivity index is 1.15. The first-order valence-corrected chi connectivity index (χ1v) is 17.1. The van der Waals surface area contributed by atoms with Crippen LogP contribution >= 0.6 is 0 Å². The highest BCUT2D eigenvalue weighted by atomic mass is 16.3. The fourth-order valence-electron chi connectivity index (χ4n) is 7.09. The van der Waals surface area contributed by atoms with Gasteiger partial charge < -0.3 is 4.42 Å². The Hall–Kier alpha value is -6.91. The Bertz CT molecular complexity index is 2840. The molecule has 0 aliphatic heterocycles. The lowest BCUT2D eigenvalue weighted by Crippen LogP contribution is -2.00. The molecule has 0 fully saturated rings. The fraction of sp³-hybridized carbons (Fsp3) is 0. The van der Waals surface area contributed by atoms with E-state index in [1.54, 1.807) is 0 Å². The van der Waals surface area contributed by atoms with Gasteiger partial charge in [0.25, 0.3) is 0 Å². The summed E-state index contributed by atoms with van der Waals surface area (Å²) in [6.07, 6.45) is 0. The summed E-state index contributed by atoms with van der Waals surface area (Å²) in [5.74, 6) is 1.92. The lowest BCUT2D eigenvalue weighted by atomic mass is 9.93. The van der Waals surface area contributed by atoms with E-state index in [-0.39, 0.29) is 0 Å². The lowest BCUT2D eigenvalue weighted by Gasteiger charge is -2.11. The molecule has 2 aromatic heterocycles. The molecule has 4 nitrogen and oxygen atoms in total. The standard InChI is InChI=1S/C47H29N3O/c1-3-12-32(13-4-1)45-48-46(33-14-5-2-6-15-33)50-47(49-45)34-22-20-31(21-23-34)40-27-39(38-24-19-30-11-7-8-16-35(30)25-38)29-43-44(40)41-26-36-17-9-10-18-37(36)28-42(41)51-43/h1-29H. The van der Waals surface area contributed by atoms with E-state index >= 15 is 0 Å². The molecule has 0 bridgehead atoms. The highest BCUT2D eigenvalue weighted by Gasteiger charge is 2.18. The molecule has 51 heavy (non-hydrogen) atoms. The number of hydrogen-bond acceptors (Lipinski definition) is 4. The molecule has 0 spiro atoms. The van der Waals surface area contributed by atoms with Crippen LogP contribution in [0.15, 0.2) is 180 Å². The molecule has 10 rings (SSSR count). The van der Waals surface area contributed by atoms with Crippen molar-refractivity contribution in [3.05, 3.63) is 176 Å². The second-order valence-electron chi connectivity index (χ2n) is 12.9. The summed E-state index contributed by atoms with van der Waals surface area (Å²) in [6.45, 7) is 0. The van der Waals surface area contributed by atoms with Crippen molar-refractivity contribution in [3.63, 3.8) is 0 Å². The summed E-state index contributed by atoms with van der Waals surface area (Å²) in [6, 6.07) is 61.2. The van der Waals surface area contributed by atoms with Gasteiger partial charge in [0.05, 0.1) is 0 Å².